The fourth-order valence-electron chi connectivity index (χ4n) is 2.84. The maximum Gasteiger partial charge on any atom is 0.240 e. The van der Waals surface area contributed by atoms with E-state index in [1.807, 2.05) is 0 Å². The lowest BCUT2D eigenvalue weighted by atomic mass is 9.97. The Hall–Kier alpha value is -0.940. The number of rotatable bonds is 7. The molecule has 0 atom stereocenters. The van der Waals surface area contributed by atoms with Gasteiger partial charge in [0.2, 0.25) is 5.89 Å². The number of nitrogens with zero attached hydrogens (tertiary/aromatic N) is 3. The molecule has 5 heteroatoms. The average molecular weight is 278 g/mol. The maximum atomic E-state index is 5.32. The van der Waals surface area contributed by atoms with E-state index >= 15 is 0 Å². The fourth-order valence-corrected chi connectivity index (χ4v) is 2.84. The highest BCUT2D eigenvalue weighted by atomic mass is 16.5. The Morgan fingerprint density at radius 2 is 2.05 bits per heavy atom. The van der Waals surface area contributed by atoms with Gasteiger partial charge in [-0.15, -0.1) is 0 Å². The molecule has 1 aliphatic carbocycles. The van der Waals surface area contributed by atoms with Crippen molar-refractivity contribution in [2.24, 2.45) is 5.92 Å². The number of nitrogens with one attached hydrogen (secondary N) is 1. The predicted octanol–water partition coefficient (Wildman–Crippen LogP) is 1.99. The molecule has 1 saturated carbocycles. The van der Waals surface area contributed by atoms with E-state index in [0.717, 1.165) is 56.2 Å². The standard InChI is InChI=1S/C15H26N4O/c1-2-3-14-17-15(20-18-14)11-19-8-6-12(7-9-19)10-16-13-4-5-13/h12-13,16H,2-11H2,1H3. The summed E-state index contributed by atoms with van der Waals surface area (Å²) in [4.78, 5) is 6.89. The number of hydrogen-bond donors (Lipinski definition) is 1. The second-order valence-corrected chi connectivity index (χ2v) is 6.26. The van der Waals surface area contributed by atoms with Crippen LogP contribution in [0.4, 0.5) is 0 Å². The molecule has 0 unspecified atom stereocenters. The first-order valence-electron chi connectivity index (χ1n) is 8.10. The molecule has 0 spiro atoms. The lowest BCUT2D eigenvalue weighted by Gasteiger charge is -2.31. The van der Waals surface area contributed by atoms with E-state index in [1.165, 1.54) is 32.2 Å². The number of aryl methyl sites for hydroxylation is 1. The van der Waals surface area contributed by atoms with Gasteiger partial charge in [0, 0.05) is 12.5 Å². The van der Waals surface area contributed by atoms with Crippen LogP contribution in [0.5, 0.6) is 0 Å². The summed E-state index contributed by atoms with van der Waals surface area (Å²) in [5.41, 5.74) is 0. The maximum absolute atomic E-state index is 5.32. The molecular formula is C15H26N4O. The Bertz CT molecular complexity index is 408. The van der Waals surface area contributed by atoms with E-state index in [4.69, 9.17) is 4.52 Å². The van der Waals surface area contributed by atoms with Crippen LogP contribution in [0.2, 0.25) is 0 Å². The molecule has 0 radical (unpaired) electrons. The van der Waals surface area contributed by atoms with Crippen molar-refractivity contribution in [1.29, 1.82) is 0 Å². The molecular weight excluding hydrogens is 252 g/mol. The molecule has 0 bridgehead atoms. The summed E-state index contributed by atoms with van der Waals surface area (Å²) in [7, 11) is 0. The van der Waals surface area contributed by atoms with Crippen molar-refractivity contribution in [3.8, 4) is 0 Å². The van der Waals surface area contributed by atoms with Crippen LogP contribution in [0.3, 0.4) is 0 Å². The highest BCUT2D eigenvalue weighted by Crippen LogP contribution is 2.22. The topological polar surface area (TPSA) is 54.2 Å². The molecule has 112 valence electrons. The Labute approximate surface area is 121 Å². The minimum atomic E-state index is 0.781. The summed E-state index contributed by atoms with van der Waals surface area (Å²) >= 11 is 0. The van der Waals surface area contributed by atoms with Crippen LogP contribution in [0, 0.1) is 5.92 Å². The van der Waals surface area contributed by atoms with Gasteiger partial charge in [0.15, 0.2) is 5.82 Å². The van der Waals surface area contributed by atoms with Crippen molar-refractivity contribution in [1.82, 2.24) is 20.4 Å². The zero-order valence-electron chi connectivity index (χ0n) is 12.5. The lowest BCUT2D eigenvalue weighted by molar-refractivity contribution is 0.157. The SMILES string of the molecule is CCCc1noc(CN2CCC(CNC3CC3)CC2)n1. The zero-order chi connectivity index (χ0) is 13.8. The van der Waals surface area contributed by atoms with Gasteiger partial charge in [-0.2, -0.15) is 4.98 Å². The molecule has 1 aliphatic heterocycles. The van der Waals surface area contributed by atoms with Crippen LogP contribution in [0.25, 0.3) is 0 Å². The molecule has 0 aromatic carbocycles. The van der Waals surface area contributed by atoms with Gasteiger partial charge >= 0.3 is 0 Å². The van der Waals surface area contributed by atoms with Gasteiger partial charge in [-0.3, -0.25) is 4.90 Å². The molecule has 0 amide bonds. The highest BCUT2D eigenvalue weighted by Gasteiger charge is 2.24. The van der Waals surface area contributed by atoms with Crippen molar-refractivity contribution in [2.75, 3.05) is 19.6 Å². The van der Waals surface area contributed by atoms with Crippen LogP contribution < -0.4 is 5.32 Å². The second kappa shape index (κ2) is 6.68. The molecule has 2 heterocycles. The molecule has 1 aromatic rings. The van der Waals surface area contributed by atoms with E-state index in [2.05, 4.69) is 27.3 Å². The Morgan fingerprint density at radius 3 is 2.75 bits per heavy atom. The number of likely N-dealkylation sites (tertiary alicyclic amines) is 1. The quantitative estimate of drug-likeness (QED) is 0.826. The predicted molar refractivity (Wildman–Crippen MR) is 77.3 cm³/mol. The molecule has 5 nitrogen and oxygen atoms in total. The van der Waals surface area contributed by atoms with Crippen molar-refractivity contribution < 1.29 is 4.52 Å². The third kappa shape index (κ3) is 4.03. The zero-order valence-corrected chi connectivity index (χ0v) is 12.5. The number of hydrogen-bond acceptors (Lipinski definition) is 5. The van der Waals surface area contributed by atoms with Crippen molar-refractivity contribution in [2.45, 2.75) is 58.0 Å². The molecule has 3 rings (SSSR count). The van der Waals surface area contributed by atoms with E-state index in [-0.39, 0.29) is 0 Å². The van der Waals surface area contributed by atoms with E-state index < -0.39 is 0 Å². The van der Waals surface area contributed by atoms with Crippen LogP contribution in [0.1, 0.15) is 50.7 Å². The van der Waals surface area contributed by atoms with E-state index in [9.17, 15) is 0 Å². The lowest BCUT2D eigenvalue weighted by Crippen LogP contribution is -2.37. The molecule has 20 heavy (non-hydrogen) atoms. The summed E-state index contributed by atoms with van der Waals surface area (Å²) in [5.74, 6) is 2.49. The van der Waals surface area contributed by atoms with Crippen LogP contribution in [0.15, 0.2) is 4.52 Å². The van der Waals surface area contributed by atoms with Crippen LogP contribution in [-0.4, -0.2) is 40.7 Å². The third-order valence-electron chi connectivity index (χ3n) is 4.32. The summed E-state index contributed by atoms with van der Waals surface area (Å²) < 4.78 is 5.32. The van der Waals surface area contributed by atoms with Crippen LogP contribution in [-0.2, 0) is 13.0 Å². The second-order valence-electron chi connectivity index (χ2n) is 6.26. The van der Waals surface area contributed by atoms with Gasteiger partial charge < -0.3 is 9.84 Å². The normalized spacial score (nSPS) is 21.4. The third-order valence-corrected chi connectivity index (χ3v) is 4.32. The summed E-state index contributed by atoms with van der Waals surface area (Å²) in [6, 6.07) is 0.836. The van der Waals surface area contributed by atoms with Gasteiger partial charge in [-0.25, -0.2) is 0 Å². The minimum Gasteiger partial charge on any atom is -0.338 e. The Balaban J connectivity index is 1.38. The van der Waals surface area contributed by atoms with Gasteiger partial charge in [0.25, 0.3) is 0 Å². The van der Waals surface area contributed by atoms with E-state index in [1.54, 1.807) is 0 Å². The minimum absolute atomic E-state index is 0.781. The fraction of sp³-hybridized carbons (Fsp3) is 0.867. The average Bonchev–Trinajstić information content (AvgIpc) is 3.19. The molecule has 2 aliphatic rings. The smallest absolute Gasteiger partial charge is 0.240 e. The van der Waals surface area contributed by atoms with Gasteiger partial charge in [0.1, 0.15) is 0 Å². The van der Waals surface area contributed by atoms with Gasteiger partial charge in [-0.1, -0.05) is 12.1 Å². The van der Waals surface area contributed by atoms with Crippen LogP contribution >= 0.6 is 0 Å². The Kier molecular flexibility index (Phi) is 4.68. The number of piperidine rings is 1. The van der Waals surface area contributed by atoms with Crippen molar-refractivity contribution in [3.05, 3.63) is 11.7 Å². The van der Waals surface area contributed by atoms with Crippen molar-refractivity contribution >= 4 is 0 Å². The summed E-state index contributed by atoms with van der Waals surface area (Å²) in [6.45, 7) is 6.47. The molecule has 1 saturated heterocycles. The van der Waals surface area contributed by atoms with Gasteiger partial charge in [0.05, 0.1) is 6.54 Å². The van der Waals surface area contributed by atoms with Crippen molar-refractivity contribution in [3.63, 3.8) is 0 Å². The first-order chi connectivity index (χ1) is 9.83. The monoisotopic (exact) mass is 278 g/mol. The number of aromatic nitrogens is 2. The highest BCUT2D eigenvalue weighted by molar-refractivity contribution is 4.88. The largest absolute Gasteiger partial charge is 0.338 e. The van der Waals surface area contributed by atoms with Gasteiger partial charge in [-0.05, 0) is 57.7 Å². The van der Waals surface area contributed by atoms with E-state index in [0.29, 0.717) is 0 Å². The molecule has 1 N–H and O–H groups in total. The summed E-state index contributed by atoms with van der Waals surface area (Å²) in [5, 5.41) is 7.67. The first kappa shape index (κ1) is 14.0. The Morgan fingerprint density at radius 1 is 1.25 bits per heavy atom. The molecule has 2 fully saturated rings. The summed E-state index contributed by atoms with van der Waals surface area (Å²) in [6.07, 6.45) is 7.33. The first-order valence-corrected chi connectivity index (χ1v) is 8.10. The molecule has 1 aromatic heterocycles.